The molecule has 1 saturated carbocycles. The SMILES string of the molecule is CC(C)(C)C1CCC(O)C(CCSc2ccccc2)C1. The third-order valence-corrected chi connectivity index (χ3v) is 5.71. The molecule has 1 N–H and O–H groups in total. The van der Waals surface area contributed by atoms with E-state index in [1.54, 1.807) is 0 Å². The van der Waals surface area contributed by atoms with E-state index in [1.807, 2.05) is 11.8 Å². The zero-order valence-corrected chi connectivity index (χ0v) is 13.8. The molecule has 1 fully saturated rings. The average molecular weight is 292 g/mol. The highest BCUT2D eigenvalue weighted by atomic mass is 32.2. The van der Waals surface area contributed by atoms with Gasteiger partial charge in [-0.25, -0.2) is 0 Å². The van der Waals surface area contributed by atoms with Crippen LogP contribution in [0.15, 0.2) is 35.2 Å². The van der Waals surface area contributed by atoms with Crippen LogP contribution >= 0.6 is 11.8 Å². The second-order valence-electron chi connectivity index (χ2n) is 7.15. The molecule has 20 heavy (non-hydrogen) atoms. The fourth-order valence-electron chi connectivity index (χ4n) is 3.19. The number of benzene rings is 1. The maximum Gasteiger partial charge on any atom is 0.0568 e. The first-order chi connectivity index (χ1) is 9.47. The summed E-state index contributed by atoms with van der Waals surface area (Å²) in [5.41, 5.74) is 0.380. The summed E-state index contributed by atoms with van der Waals surface area (Å²) in [6, 6.07) is 10.6. The molecule has 0 saturated heterocycles. The Kier molecular flexibility index (Phi) is 5.57. The number of aliphatic hydroxyl groups excluding tert-OH is 1. The summed E-state index contributed by atoms with van der Waals surface area (Å²) >= 11 is 1.91. The second-order valence-corrected chi connectivity index (χ2v) is 8.32. The van der Waals surface area contributed by atoms with E-state index >= 15 is 0 Å². The van der Waals surface area contributed by atoms with Gasteiger partial charge in [0.25, 0.3) is 0 Å². The first-order valence-corrected chi connectivity index (χ1v) is 8.81. The molecule has 1 nitrogen and oxygen atoms in total. The number of thioether (sulfide) groups is 1. The standard InChI is InChI=1S/C18H28OS/c1-18(2,3)15-9-10-17(19)14(13-15)11-12-20-16-7-5-4-6-8-16/h4-8,14-15,17,19H,9-13H2,1-3H3. The lowest BCUT2D eigenvalue weighted by Gasteiger charge is -2.40. The topological polar surface area (TPSA) is 20.2 Å². The Morgan fingerprint density at radius 3 is 2.50 bits per heavy atom. The van der Waals surface area contributed by atoms with E-state index in [4.69, 9.17) is 0 Å². The van der Waals surface area contributed by atoms with Crippen LogP contribution in [0.4, 0.5) is 0 Å². The van der Waals surface area contributed by atoms with E-state index in [0.29, 0.717) is 11.3 Å². The summed E-state index contributed by atoms with van der Waals surface area (Å²) in [6.07, 6.45) is 4.42. The molecule has 112 valence electrons. The zero-order valence-electron chi connectivity index (χ0n) is 13.0. The predicted molar refractivity (Wildman–Crippen MR) is 88.1 cm³/mol. The van der Waals surface area contributed by atoms with E-state index in [9.17, 15) is 5.11 Å². The van der Waals surface area contributed by atoms with Crippen LogP contribution in [0.5, 0.6) is 0 Å². The van der Waals surface area contributed by atoms with Crippen molar-refractivity contribution in [3.8, 4) is 0 Å². The number of hydrogen-bond donors (Lipinski definition) is 1. The van der Waals surface area contributed by atoms with Crippen LogP contribution in [0.1, 0.15) is 46.5 Å². The third kappa shape index (κ3) is 4.53. The van der Waals surface area contributed by atoms with Crippen molar-refractivity contribution in [2.45, 2.75) is 57.5 Å². The molecule has 0 radical (unpaired) electrons. The van der Waals surface area contributed by atoms with E-state index < -0.39 is 0 Å². The van der Waals surface area contributed by atoms with Crippen molar-refractivity contribution in [2.75, 3.05) is 5.75 Å². The van der Waals surface area contributed by atoms with Crippen molar-refractivity contribution in [3.63, 3.8) is 0 Å². The molecule has 1 aliphatic rings. The molecular weight excluding hydrogens is 264 g/mol. The summed E-state index contributed by atoms with van der Waals surface area (Å²) in [6.45, 7) is 7.02. The fraction of sp³-hybridized carbons (Fsp3) is 0.667. The minimum atomic E-state index is -0.0787. The zero-order chi connectivity index (χ0) is 14.6. The van der Waals surface area contributed by atoms with Crippen LogP contribution in [0.25, 0.3) is 0 Å². The van der Waals surface area contributed by atoms with E-state index in [-0.39, 0.29) is 6.10 Å². The van der Waals surface area contributed by atoms with Gasteiger partial charge < -0.3 is 5.11 Å². The van der Waals surface area contributed by atoms with Gasteiger partial charge in [0.05, 0.1) is 6.10 Å². The molecule has 0 aliphatic heterocycles. The minimum Gasteiger partial charge on any atom is -0.393 e. The predicted octanol–water partition coefficient (Wildman–Crippen LogP) is 4.99. The Bertz CT molecular complexity index is 396. The molecule has 0 spiro atoms. The highest BCUT2D eigenvalue weighted by molar-refractivity contribution is 7.99. The van der Waals surface area contributed by atoms with Crippen LogP contribution in [0, 0.1) is 17.3 Å². The second kappa shape index (κ2) is 7.00. The van der Waals surface area contributed by atoms with Crippen molar-refractivity contribution >= 4 is 11.8 Å². The Morgan fingerprint density at radius 2 is 1.85 bits per heavy atom. The Morgan fingerprint density at radius 1 is 1.15 bits per heavy atom. The van der Waals surface area contributed by atoms with Crippen LogP contribution in [0.3, 0.4) is 0 Å². The van der Waals surface area contributed by atoms with Crippen LogP contribution < -0.4 is 0 Å². The van der Waals surface area contributed by atoms with Gasteiger partial charge in [-0.1, -0.05) is 39.0 Å². The van der Waals surface area contributed by atoms with Crippen molar-refractivity contribution < 1.29 is 5.11 Å². The van der Waals surface area contributed by atoms with Crippen LogP contribution in [-0.2, 0) is 0 Å². The Labute approximate surface area is 128 Å². The van der Waals surface area contributed by atoms with Gasteiger partial charge in [-0.05, 0) is 60.8 Å². The Balaban J connectivity index is 1.81. The molecule has 2 heteroatoms. The highest BCUT2D eigenvalue weighted by Crippen LogP contribution is 2.41. The first-order valence-electron chi connectivity index (χ1n) is 7.82. The monoisotopic (exact) mass is 292 g/mol. The molecule has 0 bridgehead atoms. The molecule has 1 aromatic rings. The molecule has 2 rings (SSSR count). The van der Waals surface area contributed by atoms with Gasteiger partial charge in [-0.15, -0.1) is 11.8 Å². The van der Waals surface area contributed by atoms with Crippen LogP contribution in [0.2, 0.25) is 0 Å². The van der Waals surface area contributed by atoms with Crippen LogP contribution in [-0.4, -0.2) is 17.0 Å². The maximum atomic E-state index is 10.2. The van der Waals surface area contributed by atoms with Gasteiger partial charge in [-0.2, -0.15) is 0 Å². The lowest BCUT2D eigenvalue weighted by atomic mass is 9.67. The highest BCUT2D eigenvalue weighted by Gasteiger charge is 2.34. The molecule has 3 atom stereocenters. The van der Waals surface area contributed by atoms with Gasteiger partial charge in [0, 0.05) is 4.90 Å². The summed E-state index contributed by atoms with van der Waals surface area (Å²) in [4.78, 5) is 1.34. The smallest absolute Gasteiger partial charge is 0.0568 e. The van der Waals surface area contributed by atoms with Gasteiger partial charge in [0.1, 0.15) is 0 Å². The maximum absolute atomic E-state index is 10.2. The minimum absolute atomic E-state index is 0.0787. The molecular formula is C18H28OS. The van der Waals surface area contributed by atoms with E-state index in [1.165, 1.54) is 17.7 Å². The summed E-state index contributed by atoms with van der Waals surface area (Å²) < 4.78 is 0. The van der Waals surface area contributed by atoms with Crippen molar-refractivity contribution in [1.29, 1.82) is 0 Å². The lowest BCUT2D eigenvalue weighted by molar-refractivity contribution is 0.0184. The van der Waals surface area contributed by atoms with Crippen molar-refractivity contribution in [1.82, 2.24) is 0 Å². The van der Waals surface area contributed by atoms with Gasteiger partial charge in [-0.3, -0.25) is 0 Å². The fourth-order valence-corrected chi connectivity index (χ4v) is 4.20. The summed E-state index contributed by atoms with van der Waals surface area (Å²) in [7, 11) is 0. The molecule has 1 aromatic carbocycles. The van der Waals surface area contributed by atoms with E-state index in [2.05, 4.69) is 51.1 Å². The van der Waals surface area contributed by atoms with E-state index in [0.717, 1.165) is 24.5 Å². The Hall–Kier alpha value is -0.470. The van der Waals surface area contributed by atoms with Crippen molar-refractivity contribution in [3.05, 3.63) is 30.3 Å². The molecule has 3 unspecified atom stereocenters. The molecule has 0 heterocycles. The normalized spacial score (nSPS) is 27.5. The number of rotatable bonds is 4. The number of aliphatic hydroxyl groups is 1. The molecule has 0 amide bonds. The third-order valence-electron chi connectivity index (χ3n) is 4.67. The molecule has 1 aliphatic carbocycles. The first kappa shape index (κ1) is 15.9. The van der Waals surface area contributed by atoms with Gasteiger partial charge in [0.2, 0.25) is 0 Å². The van der Waals surface area contributed by atoms with Gasteiger partial charge >= 0.3 is 0 Å². The summed E-state index contributed by atoms with van der Waals surface area (Å²) in [5.74, 6) is 2.37. The molecule has 0 aromatic heterocycles. The summed E-state index contributed by atoms with van der Waals surface area (Å²) in [5, 5.41) is 10.2. The lowest BCUT2D eigenvalue weighted by Crippen LogP contribution is -2.34. The largest absolute Gasteiger partial charge is 0.393 e. The quantitative estimate of drug-likeness (QED) is 0.789. The van der Waals surface area contributed by atoms with Gasteiger partial charge in [0.15, 0.2) is 0 Å². The average Bonchev–Trinajstić information content (AvgIpc) is 2.41. The van der Waals surface area contributed by atoms with Crippen molar-refractivity contribution in [2.24, 2.45) is 17.3 Å². The number of hydrogen-bond acceptors (Lipinski definition) is 2.